The van der Waals surface area contributed by atoms with Crippen LogP contribution in [0, 0.1) is 0 Å². The van der Waals surface area contributed by atoms with Crippen molar-refractivity contribution in [1.82, 2.24) is 5.32 Å². The van der Waals surface area contributed by atoms with Crippen molar-refractivity contribution in [3.8, 4) is 0 Å². The number of aliphatic hydroxyl groups excluding tert-OH is 1. The van der Waals surface area contributed by atoms with Crippen LogP contribution in [0.4, 0.5) is 0 Å². The summed E-state index contributed by atoms with van der Waals surface area (Å²) >= 11 is 3.64. The molecule has 0 amide bonds. The van der Waals surface area contributed by atoms with Gasteiger partial charge in [-0.3, -0.25) is 4.66 Å². The Balaban J connectivity index is 0. The Morgan fingerprint density at radius 2 is 1.14 bits per heavy atom. The third-order valence-corrected chi connectivity index (χ3v) is 4.82. The second kappa shape index (κ2) is 23.4. The molecule has 0 aromatic heterocycles. The minimum Gasteiger partial charge on any atom is -0.389 e. The number of hydrogen-bond donors (Lipinski definition) is 3. The normalized spacial score (nSPS) is 12.5. The standard InChI is InChI=1S/C23H49NO2.ClHO/c1-5-6-7-8-9-10-11-12-13-14-15-16-17-18-19-26-21-22(25)20-24-23(2,3)4;1-2/h22,24-25H,5-21H2,1-4H3;2H. The molecular weight excluding hydrogens is 374 g/mol. The molecule has 4 nitrogen and oxygen atoms in total. The molecule has 0 aromatic rings. The highest BCUT2D eigenvalue weighted by atomic mass is 35.5. The van der Waals surface area contributed by atoms with Gasteiger partial charge in [0.1, 0.15) is 0 Å². The van der Waals surface area contributed by atoms with E-state index in [4.69, 9.17) is 9.40 Å². The summed E-state index contributed by atoms with van der Waals surface area (Å²) in [4.78, 5) is 0. The van der Waals surface area contributed by atoms with E-state index >= 15 is 0 Å². The van der Waals surface area contributed by atoms with Crippen LogP contribution in [0.3, 0.4) is 0 Å². The summed E-state index contributed by atoms with van der Waals surface area (Å²) in [5, 5.41) is 13.1. The average molecular weight is 424 g/mol. The smallest absolute Gasteiger partial charge is 0.0897 e. The van der Waals surface area contributed by atoms with E-state index in [1.165, 1.54) is 83.5 Å². The number of nitrogens with one attached hydrogen (secondary N) is 1. The first kappa shape index (κ1) is 30.3. The van der Waals surface area contributed by atoms with Gasteiger partial charge in [0.05, 0.1) is 24.6 Å². The molecule has 3 N–H and O–H groups in total. The van der Waals surface area contributed by atoms with Crippen molar-refractivity contribution in [2.24, 2.45) is 0 Å². The van der Waals surface area contributed by atoms with Gasteiger partial charge >= 0.3 is 0 Å². The van der Waals surface area contributed by atoms with E-state index in [-0.39, 0.29) is 5.54 Å². The molecule has 0 aliphatic heterocycles. The van der Waals surface area contributed by atoms with Crippen LogP contribution < -0.4 is 5.32 Å². The lowest BCUT2D eigenvalue weighted by Gasteiger charge is -2.22. The van der Waals surface area contributed by atoms with Gasteiger partial charge in [0, 0.05) is 18.7 Å². The largest absolute Gasteiger partial charge is 0.389 e. The molecular formula is C23H50ClNO3. The molecule has 1 atom stereocenters. The van der Waals surface area contributed by atoms with Gasteiger partial charge in [-0.15, -0.1) is 0 Å². The molecule has 0 aliphatic carbocycles. The van der Waals surface area contributed by atoms with Crippen molar-refractivity contribution in [3.63, 3.8) is 0 Å². The van der Waals surface area contributed by atoms with Crippen LogP contribution in [0.5, 0.6) is 0 Å². The second-order valence-electron chi connectivity index (χ2n) is 8.96. The zero-order valence-corrected chi connectivity index (χ0v) is 20.0. The summed E-state index contributed by atoms with van der Waals surface area (Å²) in [7, 11) is 0. The summed E-state index contributed by atoms with van der Waals surface area (Å²) in [5.74, 6) is 0. The van der Waals surface area contributed by atoms with Crippen molar-refractivity contribution in [3.05, 3.63) is 0 Å². The number of aliphatic hydroxyl groups is 1. The third-order valence-electron chi connectivity index (χ3n) is 4.82. The Morgan fingerprint density at radius 3 is 1.54 bits per heavy atom. The van der Waals surface area contributed by atoms with Crippen molar-refractivity contribution in [2.45, 2.75) is 129 Å². The number of β-amino-alcohol motifs (C(OH)–C–C–N with tert-alkyl or cyclic N) is 1. The zero-order valence-electron chi connectivity index (χ0n) is 19.3. The summed E-state index contributed by atoms with van der Waals surface area (Å²) in [6.45, 7) is 10.4. The number of halogens is 1. The molecule has 172 valence electrons. The van der Waals surface area contributed by atoms with Gasteiger partial charge in [-0.25, -0.2) is 0 Å². The Labute approximate surface area is 181 Å². The SMILES string of the molecule is CCCCCCCCCCCCCCCCOCC(O)CNC(C)(C)C.OCl. The van der Waals surface area contributed by atoms with Crippen LogP contribution in [-0.2, 0) is 4.74 Å². The fraction of sp³-hybridized carbons (Fsp3) is 1.00. The van der Waals surface area contributed by atoms with Crippen LogP contribution >= 0.6 is 11.9 Å². The third kappa shape index (κ3) is 28.3. The number of unbranched alkanes of at least 4 members (excludes halogenated alkanes) is 13. The lowest BCUT2D eigenvalue weighted by molar-refractivity contribution is 0.0326. The lowest BCUT2D eigenvalue weighted by atomic mass is 10.0. The predicted molar refractivity (Wildman–Crippen MR) is 123 cm³/mol. The number of hydrogen-bond acceptors (Lipinski definition) is 4. The van der Waals surface area contributed by atoms with Gasteiger partial charge in [-0.2, -0.15) is 0 Å². The first-order valence-electron chi connectivity index (χ1n) is 11.6. The molecule has 0 aromatic carbocycles. The van der Waals surface area contributed by atoms with Gasteiger partial charge in [0.25, 0.3) is 0 Å². The van der Waals surface area contributed by atoms with Crippen molar-refractivity contribution in [2.75, 3.05) is 19.8 Å². The van der Waals surface area contributed by atoms with Crippen LogP contribution in [-0.4, -0.2) is 41.2 Å². The molecule has 1 unspecified atom stereocenters. The highest BCUT2D eigenvalue weighted by Gasteiger charge is 2.11. The molecule has 0 aliphatic rings. The maximum Gasteiger partial charge on any atom is 0.0897 e. The molecule has 0 spiro atoms. The minimum absolute atomic E-state index is 0.0512. The Morgan fingerprint density at radius 1 is 0.750 bits per heavy atom. The number of ether oxygens (including phenoxy) is 1. The van der Waals surface area contributed by atoms with Gasteiger partial charge in [-0.1, -0.05) is 90.4 Å². The van der Waals surface area contributed by atoms with Crippen LogP contribution in [0.15, 0.2) is 0 Å². The monoisotopic (exact) mass is 423 g/mol. The minimum atomic E-state index is -0.402. The Bertz CT molecular complexity index is 286. The Kier molecular flexibility index (Phi) is 25.4. The molecule has 0 heterocycles. The van der Waals surface area contributed by atoms with Crippen molar-refractivity contribution in [1.29, 1.82) is 0 Å². The van der Waals surface area contributed by atoms with Crippen LogP contribution in [0.25, 0.3) is 0 Å². The molecule has 5 heteroatoms. The van der Waals surface area contributed by atoms with E-state index in [0.29, 0.717) is 13.2 Å². The van der Waals surface area contributed by atoms with E-state index < -0.39 is 6.10 Å². The van der Waals surface area contributed by atoms with E-state index in [2.05, 4.69) is 44.9 Å². The van der Waals surface area contributed by atoms with Gasteiger partial charge in [0.15, 0.2) is 0 Å². The van der Waals surface area contributed by atoms with Crippen molar-refractivity contribution >= 4 is 11.9 Å². The first-order chi connectivity index (χ1) is 13.5. The molecule has 0 radical (unpaired) electrons. The van der Waals surface area contributed by atoms with Gasteiger partial charge in [-0.05, 0) is 27.2 Å². The fourth-order valence-electron chi connectivity index (χ4n) is 3.10. The first-order valence-corrected chi connectivity index (χ1v) is 12.0. The quantitative estimate of drug-likeness (QED) is 0.211. The van der Waals surface area contributed by atoms with E-state index in [9.17, 15) is 5.11 Å². The molecule has 0 saturated heterocycles. The molecule has 0 saturated carbocycles. The van der Waals surface area contributed by atoms with Crippen molar-refractivity contribution < 1.29 is 14.5 Å². The van der Waals surface area contributed by atoms with Crippen LogP contribution in [0.2, 0.25) is 0 Å². The highest BCUT2D eigenvalue weighted by Crippen LogP contribution is 2.13. The maximum absolute atomic E-state index is 9.84. The summed E-state index contributed by atoms with van der Waals surface area (Å²) in [5.41, 5.74) is 0.0512. The lowest BCUT2D eigenvalue weighted by Crippen LogP contribution is -2.42. The molecule has 0 fully saturated rings. The maximum atomic E-state index is 9.84. The Hall–Kier alpha value is 0.130. The van der Waals surface area contributed by atoms with E-state index in [1.807, 2.05) is 0 Å². The second-order valence-corrected chi connectivity index (χ2v) is 8.96. The van der Waals surface area contributed by atoms with Crippen LogP contribution in [0.1, 0.15) is 118 Å². The molecule has 0 rings (SSSR count). The number of rotatable bonds is 19. The highest BCUT2D eigenvalue weighted by molar-refractivity contribution is 6.04. The average Bonchev–Trinajstić information content (AvgIpc) is 2.67. The predicted octanol–water partition coefficient (Wildman–Crippen LogP) is 6.37. The van der Waals surface area contributed by atoms with E-state index in [1.54, 1.807) is 0 Å². The summed E-state index contributed by atoms with van der Waals surface area (Å²) < 4.78 is 12.0. The van der Waals surface area contributed by atoms with E-state index in [0.717, 1.165) is 13.0 Å². The van der Waals surface area contributed by atoms with Gasteiger partial charge < -0.3 is 15.2 Å². The fourth-order valence-corrected chi connectivity index (χ4v) is 3.10. The zero-order chi connectivity index (χ0) is 21.5. The summed E-state index contributed by atoms with van der Waals surface area (Å²) in [6.07, 6.45) is 18.9. The van der Waals surface area contributed by atoms with Gasteiger partial charge in [0.2, 0.25) is 0 Å². The molecule has 0 bridgehead atoms. The topological polar surface area (TPSA) is 61.7 Å². The summed E-state index contributed by atoms with van der Waals surface area (Å²) in [6, 6.07) is 0. The molecule has 28 heavy (non-hydrogen) atoms.